The number of anilines is 6. The molecule has 0 aliphatic heterocycles. The highest BCUT2D eigenvalue weighted by Gasteiger charge is 2.41. The van der Waals surface area contributed by atoms with Crippen molar-refractivity contribution in [3.8, 4) is 11.1 Å². The third-order valence-corrected chi connectivity index (χ3v) is 13.6. The molecule has 11 rings (SSSR count). The molecule has 0 amide bonds. The minimum Gasteiger partial charge on any atom is -0.311 e. The van der Waals surface area contributed by atoms with Crippen LogP contribution in [0.25, 0.3) is 49.1 Å². The van der Waals surface area contributed by atoms with E-state index >= 15 is 0 Å². The van der Waals surface area contributed by atoms with Crippen LogP contribution in [-0.2, 0) is 5.41 Å². The van der Waals surface area contributed by atoms with Crippen LogP contribution in [0.1, 0.15) is 69.6 Å². The van der Waals surface area contributed by atoms with Crippen LogP contribution in [0.15, 0.2) is 140 Å². The Bertz CT molecular complexity index is 3450. The molecule has 0 spiro atoms. The molecule has 0 fully saturated rings. The van der Waals surface area contributed by atoms with Gasteiger partial charge in [0.1, 0.15) is 0 Å². The van der Waals surface area contributed by atoms with E-state index < -0.39 is 0 Å². The first-order chi connectivity index (χ1) is 29.8. The maximum Gasteiger partial charge on any atom is 0.0624 e. The molecule has 3 nitrogen and oxygen atoms in total. The van der Waals surface area contributed by atoms with E-state index in [-0.39, 0.29) is 5.41 Å². The lowest BCUT2D eigenvalue weighted by atomic mass is 9.85. The first kappa shape index (κ1) is 38.1. The first-order valence-corrected chi connectivity index (χ1v) is 22.1. The van der Waals surface area contributed by atoms with Crippen molar-refractivity contribution >= 4 is 72.1 Å². The minimum absolute atomic E-state index is 0.208. The zero-order chi connectivity index (χ0) is 42.9. The van der Waals surface area contributed by atoms with Gasteiger partial charge < -0.3 is 14.2 Å². The van der Waals surface area contributed by atoms with Crippen LogP contribution in [0.3, 0.4) is 0 Å². The van der Waals surface area contributed by atoms with Crippen molar-refractivity contribution in [1.82, 2.24) is 4.40 Å². The van der Waals surface area contributed by atoms with Crippen LogP contribution < -0.4 is 9.80 Å². The molecule has 62 heavy (non-hydrogen) atoms. The summed E-state index contributed by atoms with van der Waals surface area (Å²) in [6.45, 7) is 22.5. The molecule has 8 aromatic carbocycles. The minimum atomic E-state index is -0.208. The molecule has 3 heteroatoms. The van der Waals surface area contributed by atoms with E-state index in [0.717, 1.165) is 11.4 Å². The second-order valence-corrected chi connectivity index (χ2v) is 18.9. The van der Waals surface area contributed by atoms with E-state index in [1.807, 2.05) is 0 Å². The number of hydrogen-bond acceptors (Lipinski definition) is 2. The summed E-state index contributed by atoms with van der Waals surface area (Å²) in [7, 11) is 0. The third kappa shape index (κ3) is 5.64. The van der Waals surface area contributed by atoms with Gasteiger partial charge in [-0.25, -0.2) is 0 Å². The highest BCUT2D eigenvalue weighted by Crippen LogP contribution is 2.57. The van der Waals surface area contributed by atoms with Crippen LogP contribution in [0.2, 0.25) is 0 Å². The molecular formula is C59H53N3. The summed E-state index contributed by atoms with van der Waals surface area (Å²) in [5.74, 6) is 0. The Balaban J connectivity index is 1.23. The Labute approximate surface area is 365 Å². The van der Waals surface area contributed by atoms with Crippen molar-refractivity contribution in [3.05, 3.63) is 195 Å². The molecule has 0 bridgehead atoms. The molecule has 10 aromatic rings. The smallest absolute Gasteiger partial charge is 0.0624 e. The zero-order valence-electron chi connectivity index (χ0n) is 37.6. The van der Waals surface area contributed by atoms with Gasteiger partial charge in [-0.3, -0.25) is 0 Å². The molecule has 0 N–H and O–H groups in total. The van der Waals surface area contributed by atoms with E-state index in [4.69, 9.17) is 0 Å². The van der Waals surface area contributed by atoms with Gasteiger partial charge >= 0.3 is 0 Å². The summed E-state index contributed by atoms with van der Waals surface area (Å²) in [5, 5.41) is 6.43. The molecule has 0 unspecified atom stereocenters. The maximum atomic E-state index is 2.63. The standard InChI is InChI=1S/C59H53N3/c1-34-15-20-52(40(7)25-34)60(45-27-36(3)23-37(4)28-45)43-18-17-42-31-50-49-33-44(61(46-29-38(5)24-39(6)30-46)53-21-16-35(2)26-41(53)8)19-22-54(49)62-57(50)55(48(42)32-43)56-47-13-11-12-14-51(47)59(9,10)58(56)62/h11-33H,1-10H3. The van der Waals surface area contributed by atoms with Crippen molar-refractivity contribution < 1.29 is 0 Å². The molecule has 2 heterocycles. The second-order valence-electron chi connectivity index (χ2n) is 18.9. The largest absolute Gasteiger partial charge is 0.311 e. The zero-order valence-corrected chi connectivity index (χ0v) is 37.6. The van der Waals surface area contributed by atoms with Crippen molar-refractivity contribution in [1.29, 1.82) is 0 Å². The van der Waals surface area contributed by atoms with Crippen LogP contribution in [-0.4, -0.2) is 4.40 Å². The predicted molar refractivity (Wildman–Crippen MR) is 266 cm³/mol. The molecule has 0 saturated heterocycles. The van der Waals surface area contributed by atoms with E-state index in [1.54, 1.807) is 0 Å². The van der Waals surface area contributed by atoms with Crippen molar-refractivity contribution in [3.63, 3.8) is 0 Å². The molecule has 304 valence electrons. The lowest BCUT2D eigenvalue weighted by Gasteiger charge is -2.28. The molecule has 2 aromatic heterocycles. The lowest BCUT2D eigenvalue weighted by Crippen LogP contribution is -2.17. The number of aromatic nitrogens is 1. The Morgan fingerprint density at radius 2 is 0.968 bits per heavy atom. The average Bonchev–Trinajstić information content (AvgIpc) is 3.81. The molecule has 0 atom stereocenters. The van der Waals surface area contributed by atoms with E-state index in [9.17, 15) is 0 Å². The molecular weight excluding hydrogens is 751 g/mol. The van der Waals surface area contributed by atoms with Gasteiger partial charge in [0.05, 0.1) is 11.0 Å². The summed E-state index contributed by atoms with van der Waals surface area (Å²) in [4.78, 5) is 4.94. The van der Waals surface area contributed by atoms with Gasteiger partial charge in [0.25, 0.3) is 0 Å². The van der Waals surface area contributed by atoms with Crippen LogP contribution in [0.4, 0.5) is 34.1 Å². The van der Waals surface area contributed by atoms with Gasteiger partial charge in [-0.1, -0.05) is 91.7 Å². The van der Waals surface area contributed by atoms with Gasteiger partial charge in [-0.05, 0) is 183 Å². The Morgan fingerprint density at radius 3 is 1.53 bits per heavy atom. The summed E-state index contributed by atoms with van der Waals surface area (Å²) >= 11 is 0. The SMILES string of the molecule is Cc1cc(C)cc(N(c2ccc3cc4c5cc(N(c6cc(C)cc(C)c6)c6ccc(C)cc6C)ccc5n5c6c(c(c3c2)c45)-c2ccccc2C6(C)C)c2ccc(C)cc2C)c1. The second kappa shape index (κ2) is 13.6. The Kier molecular flexibility index (Phi) is 8.35. The number of nitrogens with zero attached hydrogens (tertiary/aromatic N) is 3. The molecule has 0 radical (unpaired) electrons. The predicted octanol–water partition coefficient (Wildman–Crippen LogP) is 16.5. The van der Waals surface area contributed by atoms with Crippen molar-refractivity contribution in [2.75, 3.05) is 9.80 Å². The molecule has 0 saturated carbocycles. The highest BCUT2D eigenvalue weighted by atomic mass is 15.2. The highest BCUT2D eigenvalue weighted by molar-refractivity contribution is 6.29. The molecule has 1 aliphatic carbocycles. The topological polar surface area (TPSA) is 10.9 Å². The van der Waals surface area contributed by atoms with Crippen molar-refractivity contribution in [2.24, 2.45) is 0 Å². The third-order valence-electron chi connectivity index (χ3n) is 13.6. The molecule has 1 aliphatic rings. The maximum absolute atomic E-state index is 2.63. The number of benzene rings is 8. The fraction of sp³-hybridized carbons (Fsp3) is 0.186. The fourth-order valence-corrected chi connectivity index (χ4v) is 11.2. The van der Waals surface area contributed by atoms with Crippen LogP contribution in [0.5, 0.6) is 0 Å². The van der Waals surface area contributed by atoms with Gasteiger partial charge in [-0.15, -0.1) is 0 Å². The van der Waals surface area contributed by atoms with Crippen LogP contribution in [0, 0.1) is 55.4 Å². The quantitative estimate of drug-likeness (QED) is 0.166. The van der Waals surface area contributed by atoms with Gasteiger partial charge in [-0.2, -0.15) is 0 Å². The van der Waals surface area contributed by atoms with Gasteiger partial charge in [0, 0.05) is 67.0 Å². The number of rotatable bonds is 6. The summed E-state index contributed by atoms with van der Waals surface area (Å²) in [6, 6.07) is 53.4. The number of hydrogen-bond donors (Lipinski definition) is 0. The lowest BCUT2D eigenvalue weighted by molar-refractivity contribution is 0.633. The monoisotopic (exact) mass is 803 g/mol. The first-order valence-electron chi connectivity index (χ1n) is 22.1. The summed E-state index contributed by atoms with van der Waals surface area (Å²) in [6.07, 6.45) is 0. The Hall–Kier alpha value is -6.84. The number of aryl methyl sites for hydroxylation is 8. The fourth-order valence-electron chi connectivity index (χ4n) is 11.2. The number of fused-ring (bicyclic) bond motifs is 10. The van der Waals surface area contributed by atoms with Crippen molar-refractivity contribution in [2.45, 2.75) is 74.7 Å². The van der Waals surface area contributed by atoms with E-state index in [0.29, 0.717) is 0 Å². The average molecular weight is 804 g/mol. The Morgan fingerprint density at radius 1 is 0.435 bits per heavy atom. The van der Waals surface area contributed by atoms with E-state index in [2.05, 4.69) is 223 Å². The normalized spacial score (nSPS) is 13.1. The van der Waals surface area contributed by atoms with Gasteiger partial charge in [0.2, 0.25) is 0 Å². The van der Waals surface area contributed by atoms with E-state index in [1.165, 1.54) is 128 Å². The van der Waals surface area contributed by atoms with Gasteiger partial charge in [0.15, 0.2) is 0 Å². The summed E-state index contributed by atoms with van der Waals surface area (Å²) in [5.41, 5.74) is 25.0. The van der Waals surface area contributed by atoms with Crippen LogP contribution >= 0.6 is 0 Å². The summed E-state index contributed by atoms with van der Waals surface area (Å²) < 4.78 is 2.63.